The molecule has 1 aromatic rings. The number of amides is 1. The van der Waals surface area contributed by atoms with Crippen LogP contribution in [0.4, 0.5) is 0 Å². The van der Waals surface area contributed by atoms with Gasteiger partial charge in [-0.3, -0.25) is 4.79 Å². The molecule has 1 amide bonds. The third-order valence-corrected chi connectivity index (χ3v) is 3.12. The summed E-state index contributed by atoms with van der Waals surface area (Å²) in [6.45, 7) is 7.94. The number of carbonyl (C=O) groups is 1. The van der Waals surface area contributed by atoms with E-state index >= 15 is 0 Å². The Bertz CT molecular complexity index is 438. The zero-order valence-corrected chi connectivity index (χ0v) is 13.1. The first-order valence-electron chi connectivity index (χ1n) is 7.02. The summed E-state index contributed by atoms with van der Waals surface area (Å²) in [6.07, 6.45) is 0.331. The molecule has 0 heterocycles. The number of hydrogen-bond acceptors (Lipinski definition) is 3. The van der Waals surface area contributed by atoms with E-state index in [0.717, 1.165) is 18.5 Å². The Morgan fingerprint density at radius 2 is 2.15 bits per heavy atom. The molecule has 2 N–H and O–H groups in total. The van der Waals surface area contributed by atoms with Gasteiger partial charge in [-0.05, 0) is 26.0 Å². The summed E-state index contributed by atoms with van der Waals surface area (Å²) in [7, 11) is 0. The van der Waals surface area contributed by atoms with E-state index in [1.807, 2.05) is 26.0 Å². The van der Waals surface area contributed by atoms with Crippen molar-refractivity contribution in [1.82, 2.24) is 10.6 Å². The molecule has 0 spiro atoms. The lowest BCUT2D eigenvalue weighted by molar-refractivity contribution is -0.127. The molecule has 4 nitrogen and oxygen atoms in total. The number of hydrogen-bond donors (Lipinski definition) is 2. The van der Waals surface area contributed by atoms with Crippen LogP contribution < -0.4 is 15.4 Å². The summed E-state index contributed by atoms with van der Waals surface area (Å²) >= 11 is 6.18. The lowest BCUT2D eigenvalue weighted by Gasteiger charge is -2.18. The van der Waals surface area contributed by atoms with Crippen LogP contribution in [-0.2, 0) is 11.3 Å². The number of carbonyl (C=O) groups excluding carboxylic acids is 1. The van der Waals surface area contributed by atoms with E-state index in [2.05, 4.69) is 10.6 Å². The molecule has 112 valence electrons. The van der Waals surface area contributed by atoms with E-state index in [1.165, 1.54) is 0 Å². The van der Waals surface area contributed by atoms with Crippen LogP contribution in [0.15, 0.2) is 18.2 Å². The topological polar surface area (TPSA) is 50.4 Å². The minimum absolute atomic E-state index is 0.124. The fourth-order valence-electron chi connectivity index (χ4n) is 1.71. The van der Waals surface area contributed by atoms with Crippen molar-refractivity contribution in [1.29, 1.82) is 0 Å². The zero-order chi connectivity index (χ0) is 15.0. The largest absolute Gasteiger partial charge is 0.479 e. The van der Waals surface area contributed by atoms with Crippen LogP contribution in [0.5, 0.6) is 5.75 Å². The molecule has 1 aromatic carbocycles. The standard InChI is InChI=1S/C15H23ClN2O2/c1-4-9-18-15(19)11(3)20-14-12(10-17-5-2)7-6-8-13(14)16/h6-8,11,17H,4-5,9-10H2,1-3H3,(H,18,19). The van der Waals surface area contributed by atoms with Gasteiger partial charge in [0, 0.05) is 18.7 Å². The Kier molecular flexibility index (Phi) is 7.41. The van der Waals surface area contributed by atoms with Crippen LogP contribution in [0.1, 0.15) is 32.8 Å². The molecule has 0 fully saturated rings. The highest BCUT2D eigenvalue weighted by molar-refractivity contribution is 6.32. The van der Waals surface area contributed by atoms with Gasteiger partial charge >= 0.3 is 0 Å². The molecule has 0 aliphatic rings. The molecule has 0 aliphatic carbocycles. The minimum atomic E-state index is -0.568. The second-order valence-corrected chi connectivity index (χ2v) is 4.97. The van der Waals surface area contributed by atoms with Crippen molar-refractivity contribution in [3.63, 3.8) is 0 Å². The predicted octanol–water partition coefficient (Wildman–Crippen LogP) is 2.74. The minimum Gasteiger partial charge on any atom is -0.479 e. The lowest BCUT2D eigenvalue weighted by atomic mass is 10.2. The van der Waals surface area contributed by atoms with Crippen molar-refractivity contribution in [2.75, 3.05) is 13.1 Å². The Morgan fingerprint density at radius 3 is 2.80 bits per heavy atom. The number of halogens is 1. The molecule has 20 heavy (non-hydrogen) atoms. The Balaban J connectivity index is 2.76. The average molecular weight is 299 g/mol. The summed E-state index contributed by atoms with van der Waals surface area (Å²) < 4.78 is 5.75. The van der Waals surface area contributed by atoms with E-state index in [-0.39, 0.29) is 5.91 Å². The summed E-state index contributed by atoms with van der Waals surface area (Å²) in [5.74, 6) is 0.454. The third kappa shape index (κ3) is 5.02. The highest BCUT2D eigenvalue weighted by Gasteiger charge is 2.17. The Hall–Kier alpha value is -1.26. The van der Waals surface area contributed by atoms with Crippen LogP contribution in [0.2, 0.25) is 5.02 Å². The highest BCUT2D eigenvalue weighted by Crippen LogP contribution is 2.29. The molecule has 0 bridgehead atoms. The number of nitrogens with one attached hydrogen (secondary N) is 2. The molecule has 0 saturated heterocycles. The molecule has 1 rings (SSSR count). The highest BCUT2D eigenvalue weighted by atomic mass is 35.5. The first kappa shape index (κ1) is 16.8. The molecule has 1 unspecified atom stereocenters. The van der Waals surface area contributed by atoms with Gasteiger partial charge in [0.05, 0.1) is 5.02 Å². The van der Waals surface area contributed by atoms with Gasteiger partial charge in [0.15, 0.2) is 6.10 Å². The maximum absolute atomic E-state index is 11.8. The number of benzene rings is 1. The van der Waals surface area contributed by atoms with Crippen molar-refractivity contribution >= 4 is 17.5 Å². The monoisotopic (exact) mass is 298 g/mol. The van der Waals surface area contributed by atoms with E-state index in [4.69, 9.17) is 16.3 Å². The summed E-state index contributed by atoms with van der Waals surface area (Å²) in [5.41, 5.74) is 0.953. The van der Waals surface area contributed by atoms with Gasteiger partial charge in [-0.2, -0.15) is 0 Å². The SMILES string of the molecule is CCCNC(=O)C(C)Oc1c(Cl)cccc1CNCC. The predicted molar refractivity (Wildman–Crippen MR) is 82.2 cm³/mol. The van der Waals surface area contributed by atoms with Gasteiger partial charge in [-0.25, -0.2) is 0 Å². The average Bonchev–Trinajstić information content (AvgIpc) is 2.45. The van der Waals surface area contributed by atoms with Gasteiger partial charge in [0.2, 0.25) is 0 Å². The Morgan fingerprint density at radius 1 is 1.40 bits per heavy atom. The molecular weight excluding hydrogens is 276 g/mol. The molecule has 0 aromatic heterocycles. The van der Waals surface area contributed by atoms with Crippen LogP contribution >= 0.6 is 11.6 Å². The van der Waals surface area contributed by atoms with Gasteiger partial charge < -0.3 is 15.4 Å². The van der Waals surface area contributed by atoms with E-state index in [0.29, 0.717) is 23.9 Å². The van der Waals surface area contributed by atoms with Crippen LogP contribution in [0, 0.1) is 0 Å². The second kappa shape index (κ2) is 8.82. The van der Waals surface area contributed by atoms with Gasteiger partial charge in [-0.1, -0.05) is 37.6 Å². The van der Waals surface area contributed by atoms with Crippen molar-refractivity contribution in [2.45, 2.75) is 39.8 Å². The first-order valence-corrected chi connectivity index (χ1v) is 7.40. The normalized spacial score (nSPS) is 12.0. The summed E-state index contributed by atoms with van der Waals surface area (Å²) in [5, 5.41) is 6.57. The summed E-state index contributed by atoms with van der Waals surface area (Å²) in [6, 6.07) is 5.59. The number of para-hydroxylation sites is 1. The lowest BCUT2D eigenvalue weighted by Crippen LogP contribution is -2.37. The van der Waals surface area contributed by atoms with Crippen molar-refractivity contribution in [2.24, 2.45) is 0 Å². The van der Waals surface area contributed by atoms with Crippen molar-refractivity contribution in [3.8, 4) is 5.75 Å². The zero-order valence-electron chi connectivity index (χ0n) is 12.3. The van der Waals surface area contributed by atoms with E-state index < -0.39 is 6.10 Å². The molecule has 0 aliphatic heterocycles. The fourth-order valence-corrected chi connectivity index (χ4v) is 1.95. The van der Waals surface area contributed by atoms with Crippen LogP contribution in [0.25, 0.3) is 0 Å². The first-order chi connectivity index (χ1) is 9.60. The molecular formula is C15H23ClN2O2. The van der Waals surface area contributed by atoms with Crippen LogP contribution in [0.3, 0.4) is 0 Å². The fraction of sp³-hybridized carbons (Fsp3) is 0.533. The molecule has 5 heteroatoms. The van der Waals surface area contributed by atoms with E-state index in [9.17, 15) is 4.79 Å². The summed E-state index contributed by atoms with van der Waals surface area (Å²) in [4.78, 5) is 11.8. The van der Waals surface area contributed by atoms with Gasteiger partial charge in [0.25, 0.3) is 5.91 Å². The van der Waals surface area contributed by atoms with Gasteiger partial charge in [-0.15, -0.1) is 0 Å². The quantitative estimate of drug-likeness (QED) is 0.776. The number of ether oxygens (including phenoxy) is 1. The molecule has 0 saturated carbocycles. The van der Waals surface area contributed by atoms with Gasteiger partial charge in [0.1, 0.15) is 5.75 Å². The van der Waals surface area contributed by atoms with Crippen LogP contribution in [-0.4, -0.2) is 25.1 Å². The van der Waals surface area contributed by atoms with Crippen molar-refractivity contribution < 1.29 is 9.53 Å². The van der Waals surface area contributed by atoms with E-state index in [1.54, 1.807) is 13.0 Å². The smallest absolute Gasteiger partial charge is 0.260 e. The molecule has 0 radical (unpaired) electrons. The van der Waals surface area contributed by atoms with Crippen molar-refractivity contribution in [3.05, 3.63) is 28.8 Å². The third-order valence-electron chi connectivity index (χ3n) is 2.83. The number of rotatable bonds is 8. The maximum Gasteiger partial charge on any atom is 0.260 e. The second-order valence-electron chi connectivity index (χ2n) is 4.56. The molecule has 1 atom stereocenters. The Labute approximate surface area is 125 Å². The maximum atomic E-state index is 11.8.